The normalized spacial score (nSPS) is 12.5. The predicted molar refractivity (Wildman–Crippen MR) is 120 cm³/mol. The largest absolute Gasteiger partial charge is 0.481 e. The van der Waals surface area contributed by atoms with Gasteiger partial charge < -0.3 is 5.11 Å². The van der Waals surface area contributed by atoms with Crippen LogP contribution < -0.4 is 4.72 Å². The van der Waals surface area contributed by atoms with Gasteiger partial charge in [0.15, 0.2) is 11.6 Å². The summed E-state index contributed by atoms with van der Waals surface area (Å²) in [6, 6.07) is 8.97. The van der Waals surface area contributed by atoms with Crippen LogP contribution in [-0.2, 0) is 32.6 Å². The highest BCUT2D eigenvalue weighted by molar-refractivity contribution is 7.89. The number of ketones is 1. The fourth-order valence-corrected chi connectivity index (χ4v) is 5.10. The molecular formula is C19H16Cl3N5O5S. The van der Waals surface area contributed by atoms with Crippen molar-refractivity contribution in [2.75, 3.05) is 0 Å². The molecule has 0 spiro atoms. The Balaban J connectivity index is 1.76. The van der Waals surface area contributed by atoms with E-state index in [4.69, 9.17) is 39.9 Å². The molecule has 0 bridgehead atoms. The monoisotopic (exact) mass is 531 g/mol. The number of Topliss-reactive ketones (excluding diaryl/α,β-unsaturated/α-hetero) is 1. The Hall–Kier alpha value is -2.57. The minimum absolute atomic E-state index is 0.0765. The number of hydrogen-bond acceptors (Lipinski definition) is 7. The van der Waals surface area contributed by atoms with E-state index in [1.807, 2.05) is 0 Å². The second-order valence-electron chi connectivity index (χ2n) is 6.78. The van der Waals surface area contributed by atoms with Crippen molar-refractivity contribution >= 4 is 56.6 Å². The maximum Gasteiger partial charge on any atom is 0.305 e. The molecule has 2 aromatic carbocycles. The van der Waals surface area contributed by atoms with Crippen LogP contribution in [0.2, 0.25) is 15.1 Å². The van der Waals surface area contributed by atoms with Gasteiger partial charge in [-0.15, -0.1) is 10.2 Å². The van der Waals surface area contributed by atoms with E-state index < -0.39 is 40.8 Å². The highest BCUT2D eigenvalue weighted by Gasteiger charge is 2.29. The predicted octanol–water partition coefficient (Wildman–Crippen LogP) is 2.62. The van der Waals surface area contributed by atoms with Crippen molar-refractivity contribution in [2.45, 2.75) is 30.3 Å². The zero-order valence-electron chi connectivity index (χ0n) is 16.7. The third-order valence-electron chi connectivity index (χ3n) is 4.38. The minimum Gasteiger partial charge on any atom is -0.481 e. The molecule has 1 atom stereocenters. The van der Waals surface area contributed by atoms with Crippen molar-refractivity contribution < 1.29 is 23.1 Å². The molecule has 0 amide bonds. The molecule has 1 heterocycles. The van der Waals surface area contributed by atoms with Gasteiger partial charge in [0.25, 0.3) is 0 Å². The van der Waals surface area contributed by atoms with Gasteiger partial charge in [0.05, 0.1) is 17.5 Å². The molecule has 0 aliphatic carbocycles. The van der Waals surface area contributed by atoms with Crippen molar-refractivity contribution in [1.29, 1.82) is 0 Å². The number of aliphatic carboxylic acids is 1. The summed E-state index contributed by atoms with van der Waals surface area (Å²) in [5, 5.41) is 21.6. The van der Waals surface area contributed by atoms with E-state index in [1.54, 1.807) is 18.2 Å². The summed E-state index contributed by atoms with van der Waals surface area (Å²) in [5.74, 6) is -1.95. The van der Waals surface area contributed by atoms with Crippen molar-refractivity contribution in [3.63, 3.8) is 0 Å². The van der Waals surface area contributed by atoms with E-state index in [0.29, 0.717) is 15.6 Å². The molecule has 0 saturated carbocycles. The Bertz CT molecular complexity index is 1280. The standard InChI is InChI=1S/C19H16Cl3N5O5S/c20-12-5-3-6-13(21)11(12)8-18-23-26-27(24-18)10-16(28)15(9-19(29)30)25-33(31,32)17-7-2-1-4-14(17)22/h1-7,15,25H,8-10H2,(H,29,30). The van der Waals surface area contributed by atoms with Crippen molar-refractivity contribution in [2.24, 2.45) is 0 Å². The molecule has 3 aromatic rings. The second-order valence-corrected chi connectivity index (χ2v) is 9.69. The smallest absolute Gasteiger partial charge is 0.305 e. The zero-order valence-corrected chi connectivity index (χ0v) is 19.7. The van der Waals surface area contributed by atoms with Crippen LogP contribution in [0.1, 0.15) is 17.8 Å². The molecule has 14 heteroatoms. The minimum atomic E-state index is -4.28. The first-order chi connectivity index (χ1) is 15.6. The van der Waals surface area contributed by atoms with E-state index in [1.165, 1.54) is 24.3 Å². The van der Waals surface area contributed by atoms with Gasteiger partial charge in [0, 0.05) is 16.5 Å². The van der Waals surface area contributed by atoms with Crippen LogP contribution in [0.3, 0.4) is 0 Å². The summed E-state index contributed by atoms with van der Waals surface area (Å²) in [6.07, 6.45) is -0.649. The molecule has 3 rings (SSSR count). The number of sulfonamides is 1. The number of benzene rings is 2. The Morgan fingerprint density at radius 2 is 1.67 bits per heavy atom. The number of carboxylic acid groups (broad SMARTS) is 1. The number of hydrogen-bond donors (Lipinski definition) is 2. The van der Waals surface area contributed by atoms with Gasteiger partial charge >= 0.3 is 5.97 Å². The summed E-state index contributed by atoms with van der Waals surface area (Å²) in [7, 11) is -4.28. The molecule has 0 aliphatic rings. The molecule has 0 radical (unpaired) electrons. The number of carboxylic acids is 1. The SMILES string of the molecule is O=C(O)CC(NS(=O)(=O)c1ccccc1Cl)C(=O)Cn1nnc(Cc2c(Cl)cccc2Cl)n1. The highest BCUT2D eigenvalue weighted by Crippen LogP contribution is 2.26. The van der Waals surface area contributed by atoms with Gasteiger partial charge in [-0.2, -0.15) is 9.52 Å². The van der Waals surface area contributed by atoms with Crippen molar-refractivity contribution in [3.8, 4) is 0 Å². The summed E-state index contributed by atoms with van der Waals surface area (Å²) in [6.45, 7) is -0.522. The lowest BCUT2D eigenvalue weighted by molar-refractivity contribution is -0.139. The number of aromatic nitrogens is 4. The van der Waals surface area contributed by atoms with E-state index in [-0.39, 0.29) is 22.2 Å². The molecule has 2 N–H and O–H groups in total. The van der Waals surface area contributed by atoms with Crippen LogP contribution >= 0.6 is 34.8 Å². The molecule has 33 heavy (non-hydrogen) atoms. The van der Waals surface area contributed by atoms with Crippen molar-refractivity contribution in [3.05, 3.63) is 68.9 Å². The average Bonchev–Trinajstić information content (AvgIpc) is 3.17. The highest BCUT2D eigenvalue weighted by atomic mass is 35.5. The Morgan fingerprint density at radius 3 is 2.30 bits per heavy atom. The molecule has 1 aromatic heterocycles. The molecule has 0 saturated heterocycles. The maximum absolute atomic E-state index is 12.7. The zero-order chi connectivity index (χ0) is 24.2. The van der Waals surface area contributed by atoms with E-state index >= 15 is 0 Å². The Kier molecular flexibility index (Phi) is 8.03. The molecule has 10 nitrogen and oxygen atoms in total. The molecular weight excluding hydrogens is 517 g/mol. The first-order valence-electron chi connectivity index (χ1n) is 9.28. The third-order valence-corrected chi connectivity index (χ3v) is 7.06. The molecule has 174 valence electrons. The van der Waals surface area contributed by atoms with E-state index in [2.05, 4.69) is 20.1 Å². The fraction of sp³-hybridized carbons (Fsp3) is 0.211. The number of carbonyl (C=O) groups excluding carboxylic acids is 1. The van der Waals surface area contributed by atoms with Gasteiger partial charge in [-0.3, -0.25) is 9.59 Å². The van der Waals surface area contributed by atoms with Crippen LogP contribution in [0.5, 0.6) is 0 Å². The third kappa shape index (κ3) is 6.49. The van der Waals surface area contributed by atoms with Crippen LogP contribution in [0.15, 0.2) is 47.4 Å². The number of nitrogens with one attached hydrogen (secondary N) is 1. The van der Waals surface area contributed by atoms with Gasteiger partial charge in [0.2, 0.25) is 10.0 Å². The first-order valence-corrected chi connectivity index (χ1v) is 11.9. The molecule has 0 fully saturated rings. The summed E-state index contributed by atoms with van der Waals surface area (Å²) < 4.78 is 27.4. The number of nitrogens with zero attached hydrogens (tertiary/aromatic N) is 4. The Labute approximate surface area is 203 Å². The maximum atomic E-state index is 12.7. The van der Waals surface area contributed by atoms with Gasteiger partial charge in [-0.05, 0) is 35.0 Å². The fourth-order valence-electron chi connectivity index (χ4n) is 2.83. The number of carbonyl (C=O) groups is 2. The van der Waals surface area contributed by atoms with Crippen LogP contribution in [0.25, 0.3) is 0 Å². The van der Waals surface area contributed by atoms with Gasteiger partial charge in [-0.25, -0.2) is 8.42 Å². The average molecular weight is 533 g/mol. The lowest BCUT2D eigenvalue weighted by Crippen LogP contribution is -2.44. The lowest BCUT2D eigenvalue weighted by Gasteiger charge is -2.16. The van der Waals surface area contributed by atoms with Crippen LogP contribution in [-0.4, -0.2) is 51.5 Å². The van der Waals surface area contributed by atoms with Crippen LogP contribution in [0, 0.1) is 0 Å². The number of halogens is 3. The van der Waals surface area contributed by atoms with Crippen LogP contribution in [0.4, 0.5) is 0 Å². The first kappa shape index (κ1) is 25.1. The van der Waals surface area contributed by atoms with E-state index in [9.17, 15) is 18.0 Å². The number of tetrazole rings is 1. The van der Waals surface area contributed by atoms with E-state index in [0.717, 1.165) is 4.80 Å². The van der Waals surface area contributed by atoms with Crippen molar-refractivity contribution in [1.82, 2.24) is 24.9 Å². The van der Waals surface area contributed by atoms with Gasteiger partial charge in [-0.1, -0.05) is 53.0 Å². The quantitative estimate of drug-likeness (QED) is 0.405. The summed E-state index contributed by atoms with van der Waals surface area (Å²) in [5.41, 5.74) is 0.572. The lowest BCUT2D eigenvalue weighted by atomic mass is 10.1. The summed E-state index contributed by atoms with van der Waals surface area (Å²) in [4.78, 5) is 24.6. The number of rotatable bonds is 10. The molecule has 1 unspecified atom stereocenters. The summed E-state index contributed by atoms with van der Waals surface area (Å²) >= 11 is 18.2. The second kappa shape index (κ2) is 10.6. The topological polar surface area (TPSA) is 144 Å². The Morgan fingerprint density at radius 1 is 1.03 bits per heavy atom. The molecule has 0 aliphatic heterocycles. The van der Waals surface area contributed by atoms with Gasteiger partial charge in [0.1, 0.15) is 11.4 Å².